The first-order chi connectivity index (χ1) is 18.1. The molecule has 38 heavy (non-hydrogen) atoms. The molecule has 198 valence electrons. The summed E-state index contributed by atoms with van der Waals surface area (Å²) in [4.78, 5) is 26.7. The van der Waals surface area contributed by atoms with Gasteiger partial charge in [0.15, 0.2) is 11.9 Å². The molecule has 0 bridgehead atoms. The first kappa shape index (κ1) is 26.9. The molecule has 0 aliphatic heterocycles. The lowest BCUT2D eigenvalue weighted by atomic mass is 10.1. The lowest BCUT2D eigenvalue weighted by molar-refractivity contribution is -0.122. The van der Waals surface area contributed by atoms with Gasteiger partial charge in [0, 0.05) is 25.3 Å². The number of benzene rings is 3. The average molecular weight is 537 g/mol. The number of ether oxygens (including phenoxy) is 2. The topological polar surface area (TPSA) is 115 Å². The Bertz CT molecular complexity index is 1610. The van der Waals surface area contributed by atoms with Gasteiger partial charge in [0.2, 0.25) is 21.2 Å². The fourth-order valence-corrected chi connectivity index (χ4v) is 4.67. The molecule has 3 aromatic carbocycles. The van der Waals surface area contributed by atoms with E-state index in [0.29, 0.717) is 28.0 Å². The number of nitrogens with zero attached hydrogens (tertiary/aromatic N) is 1. The van der Waals surface area contributed by atoms with E-state index >= 15 is 0 Å². The summed E-state index contributed by atoms with van der Waals surface area (Å²) in [6.07, 6.45) is -0.769. The van der Waals surface area contributed by atoms with Crippen LogP contribution in [-0.4, -0.2) is 45.9 Å². The Morgan fingerprint density at radius 3 is 2.26 bits per heavy atom. The number of sulfonamides is 1. The molecule has 1 unspecified atom stereocenters. The molecule has 0 spiro atoms. The van der Waals surface area contributed by atoms with Crippen molar-refractivity contribution >= 4 is 32.6 Å². The van der Waals surface area contributed by atoms with Gasteiger partial charge in [-0.1, -0.05) is 19.1 Å². The van der Waals surface area contributed by atoms with Crippen LogP contribution < -0.4 is 20.2 Å². The number of amides is 1. The normalized spacial score (nSPS) is 12.3. The largest absolute Gasteiger partial charge is 0.497 e. The minimum Gasteiger partial charge on any atom is -0.497 e. The molecule has 1 heterocycles. The highest BCUT2D eigenvalue weighted by Gasteiger charge is 2.25. The SMILES string of the molecule is CCC(Oc1c(-c2ccc(OC)cc2)oc2ccccc2c1=O)C(=O)Nc1ccc(S(=O)(=O)N(C)C)cc1. The Hall–Kier alpha value is -4.15. The standard InChI is InChI=1S/C28H28N2O7S/c1-5-23(28(32)29-19-12-16-21(17-13-19)38(33,34)30(2)3)36-27-25(31)22-8-6-7-9-24(22)37-26(27)18-10-14-20(35-4)15-11-18/h6-17,23H,5H2,1-4H3,(H,29,32). The second-order valence-electron chi connectivity index (χ2n) is 8.63. The molecule has 0 fully saturated rings. The maximum absolute atomic E-state index is 13.5. The van der Waals surface area contributed by atoms with Gasteiger partial charge in [-0.05, 0) is 67.1 Å². The summed E-state index contributed by atoms with van der Waals surface area (Å²) < 4.78 is 43.1. The second-order valence-corrected chi connectivity index (χ2v) is 10.8. The highest BCUT2D eigenvalue weighted by molar-refractivity contribution is 7.89. The number of para-hydroxylation sites is 1. The van der Waals surface area contributed by atoms with E-state index in [1.54, 1.807) is 62.6 Å². The lowest BCUT2D eigenvalue weighted by Gasteiger charge is -2.19. The van der Waals surface area contributed by atoms with E-state index in [9.17, 15) is 18.0 Å². The van der Waals surface area contributed by atoms with Crippen LogP contribution in [0.25, 0.3) is 22.3 Å². The Morgan fingerprint density at radius 1 is 1.00 bits per heavy atom. The van der Waals surface area contributed by atoms with Crippen LogP contribution in [0.3, 0.4) is 0 Å². The molecule has 0 aliphatic carbocycles. The van der Waals surface area contributed by atoms with Crippen molar-refractivity contribution in [2.45, 2.75) is 24.3 Å². The maximum Gasteiger partial charge on any atom is 0.265 e. The first-order valence-corrected chi connectivity index (χ1v) is 13.3. The van der Waals surface area contributed by atoms with Gasteiger partial charge in [-0.2, -0.15) is 0 Å². The molecular weight excluding hydrogens is 508 g/mol. The van der Waals surface area contributed by atoms with Crippen LogP contribution >= 0.6 is 0 Å². The van der Waals surface area contributed by atoms with Crippen molar-refractivity contribution in [2.24, 2.45) is 0 Å². The number of hydrogen-bond donors (Lipinski definition) is 1. The van der Waals surface area contributed by atoms with E-state index in [0.717, 1.165) is 4.31 Å². The highest BCUT2D eigenvalue weighted by Crippen LogP contribution is 2.33. The Morgan fingerprint density at radius 2 is 1.66 bits per heavy atom. The molecule has 4 aromatic rings. The molecule has 1 N–H and O–H groups in total. The Balaban J connectivity index is 1.66. The molecule has 0 saturated heterocycles. The van der Waals surface area contributed by atoms with E-state index in [2.05, 4.69) is 5.32 Å². The van der Waals surface area contributed by atoms with Crippen LogP contribution in [0.15, 0.2) is 86.9 Å². The zero-order valence-electron chi connectivity index (χ0n) is 21.4. The summed E-state index contributed by atoms with van der Waals surface area (Å²) in [5, 5.41) is 3.06. The number of fused-ring (bicyclic) bond motifs is 1. The molecule has 1 atom stereocenters. The maximum atomic E-state index is 13.5. The van der Waals surface area contributed by atoms with Crippen LogP contribution in [0.4, 0.5) is 5.69 Å². The predicted molar refractivity (Wildman–Crippen MR) is 145 cm³/mol. The van der Waals surface area contributed by atoms with E-state index < -0.39 is 27.5 Å². The highest BCUT2D eigenvalue weighted by atomic mass is 32.2. The lowest BCUT2D eigenvalue weighted by Crippen LogP contribution is -2.34. The Kier molecular flexibility index (Phi) is 7.84. The van der Waals surface area contributed by atoms with Crippen molar-refractivity contribution in [3.05, 3.63) is 83.0 Å². The van der Waals surface area contributed by atoms with Crippen LogP contribution in [0, 0.1) is 0 Å². The monoisotopic (exact) mass is 536 g/mol. The molecule has 0 saturated carbocycles. The van der Waals surface area contributed by atoms with Crippen molar-refractivity contribution in [1.29, 1.82) is 0 Å². The van der Waals surface area contributed by atoms with E-state index in [4.69, 9.17) is 13.9 Å². The van der Waals surface area contributed by atoms with Crippen LogP contribution in [0.5, 0.6) is 11.5 Å². The molecule has 0 aliphatic rings. The van der Waals surface area contributed by atoms with Crippen molar-refractivity contribution < 1.29 is 27.1 Å². The van der Waals surface area contributed by atoms with Crippen LogP contribution in [0.2, 0.25) is 0 Å². The quantitative estimate of drug-likeness (QED) is 0.335. The van der Waals surface area contributed by atoms with Crippen LogP contribution in [-0.2, 0) is 14.8 Å². The molecule has 0 radical (unpaired) electrons. The minimum atomic E-state index is -3.60. The van der Waals surface area contributed by atoms with E-state index in [-0.39, 0.29) is 22.8 Å². The van der Waals surface area contributed by atoms with Gasteiger partial charge in [-0.3, -0.25) is 9.59 Å². The van der Waals surface area contributed by atoms with Crippen molar-refractivity contribution in [1.82, 2.24) is 4.31 Å². The van der Waals surface area contributed by atoms with Gasteiger partial charge >= 0.3 is 0 Å². The number of carbonyl (C=O) groups excluding carboxylic acids is 1. The van der Waals surface area contributed by atoms with Gasteiger partial charge in [0.1, 0.15) is 11.3 Å². The minimum absolute atomic E-state index is 0.0803. The van der Waals surface area contributed by atoms with Crippen molar-refractivity contribution in [3.63, 3.8) is 0 Å². The second kappa shape index (κ2) is 11.1. The zero-order chi connectivity index (χ0) is 27.4. The first-order valence-electron chi connectivity index (χ1n) is 11.9. The molecule has 1 amide bonds. The number of carbonyl (C=O) groups is 1. The van der Waals surface area contributed by atoms with E-state index in [1.165, 1.54) is 38.4 Å². The number of methoxy groups -OCH3 is 1. The Labute approximate surface area is 220 Å². The third kappa shape index (κ3) is 5.41. The van der Waals surface area contributed by atoms with Crippen molar-refractivity contribution in [2.75, 3.05) is 26.5 Å². The zero-order valence-corrected chi connectivity index (χ0v) is 22.2. The molecule has 10 heteroatoms. The van der Waals surface area contributed by atoms with Crippen LogP contribution in [0.1, 0.15) is 13.3 Å². The summed E-state index contributed by atoms with van der Waals surface area (Å²) in [7, 11) is 0.840. The number of nitrogens with one attached hydrogen (secondary N) is 1. The third-order valence-electron chi connectivity index (χ3n) is 5.93. The fraction of sp³-hybridized carbons (Fsp3) is 0.214. The van der Waals surface area contributed by atoms with E-state index in [1.807, 2.05) is 0 Å². The summed E-state index contributed by atoms with van der Waals surface area (Å²) >= 11 is 0. The van der Waals surface area contributed by atoms with Gasteiger partial charge in [0.05, 0.1) is 17.4 Å². The number of anilines is 1. The van der Waals surface area contributed by atoms with Gasteiger partial charge < -0.3 is 19.2 Å². The van der Waals surface area contributed by atoms with Crippen molar-refractivity contribution in [3.8, 4) is 22.8 Å². The van der Waals surface area contributed by atoms with Gasteiger partial charge in [-0.25, -0.2) is 12.7 Å². The smallest absolute Gasteiger partial charge is 0.265 e. The summed E-state index contributed by atoms with van der Waals surface area (Å²) in [6, 6.07) is 19.6. The number of hydrogen-bond acceptors (Lipinski definition) is 7. The fourth-order valence-electron chi connectivity index (χ4n) is 3.77. The number of rotatable bonds is 9. The average Bonchev–Trinajstić information content (AvgIpc) is 2.92. The predicted octanol–water partition coefficient (Wildman–Crippen LogP) is 4.52. The van der Waals surface area contributed by atoms with Gasteiger partial charge in [0.25, 0.3) is 5.91 Å². The summed E-state index contributed by atoms with van der Waals surface area (Å²) in [6.45, 7) is 1.76. The summed E-state index contributed by atoms with van der Waals surface area (Å²) in [5.74, 6) is 0.252. The third-order valence-corrected chi connectivity index (χ3v) is 7.76. The molecule has 1 aromatic heterocycles. The molecule has 4 rings (SSSR count). The molecular formula is C28H28N2O7S. The molecule has 9 nitrogen and oxygen atoms in total. The summed E-state index contributed by atoms with van der Waals surface area (Å²) in [5.41, 5.74) is 0.954. The van der Waals surface area contributed by atoms with Gasteiger partial charge in [-0.15, -0.1) is 0 Å².